The second kappa shape index (κ2) is 8.17. The van der Waals surface area contributed by atoms with Crippen molar-refractivity contribution in [1.82, 2.24) is 10.2 Å². The summed E-state index contributed by atoms with van der Waals surface area (Å²) in [6, 6.07) is 2.29. The minimum absolute atomic E-state index is 1.31. The molecule has 1 N–H and O–H groups in total. The van der Waals surface area contributed by atoms with E-state index in [-0.39, 0.29) is 0 Å². The van der Waals surface area contributed by atoms with Crippen molar-refractivity contribution in [2.75, 3.05) is 24.6 Å². The second-order valence-corrected chi connectivity index (χ2v) is 12.8. The third-order valence-corrected chi connectivity index (χ3v) is 12.9. The molecule has 0 amide bonds. The molecule has 0 saturated heterocycles. The van der Waals surface area contributed by atoms with E-state index in [0.29, 0.717) is 0 Å². The van der Waals surface area contributed by atoms with E-state index in [2.05, 4.69) is 38.9 Å². The molecule has 0 bridgehead atoms. The van der Waals surface area contributed by atoms with E-state index in [9.17, 15) is 0 Å². The fourth-order valence-electron chi connectivity index (χ4n) is 3.64. The number of H-pyrrole nitrogens is 1. The van der Waals surface area contributed by atoms with Crippen LogP contribution in [0.15, 0.2) is 12.3 Å². The van der Waals surface area contributed by atoms with Gasteiger partial charge in [-0.15, -0.1) is 0 Å². The van der Waals surface area contributed by atoms with Crippen molar-refractivity contribution < 1.29 is 0 Å². The Morgan fingerprint density at radius 3 is 1.70 bits per heavy atom. The zero-order valence-electron chi connectivity index (χ0n) is 14.1. The topological polar surface area (TPSA) is 28.7 Å². The van der Waals surface area contributed by atoms with Gasteiger partial charge in [-0.2, -0.15) is 0 Å². The van der Waals surface area contributed by atoms with Gasteiger partial charge in [0.15, 0.2) is 0 Å². The van der Waals surface area contributed by atoms with Crippen LogP contribution in [0.2, 0.25) is 0 Å². The number of hydrogen-bond donors (Lipinski definition) is 1. The predicted octanol–water partition coefficient (Wildman–Crippen LogP) is 5.01. The quantitative estimate of drug-likeness (QED) is 0.572. The van der Waals surface area contributed by atoms with Crippen LogP contribution in [0.5, 0.6) is 0 Å². The summed E-state index contributed by atoms with van der Waals surface area (Å²) in [5.74, 6) is 0. The zero-order valence-corrected chi connectivity index (χ0v) is 15.0. The third-order valence-electron chi connectivity index (χ3n) is 5.26. The monoisotopic (exact) mass is 298 g/mol. The molecule has 20 heavy (non-hydrogen) atoms. The molecule has 3 heteroatoms. The van der Waals surface area contributed by atoms with Gasteiger partial charge in [-0.05, 0) is 0 Å². The van der Waals surface area contributed by atoms with Gasteiger partial charge < -0.3 is 0 Å². The van der Waals surface area contributed by atoms with Crippen molar-refractivity contribution in [3.05, 3.63) is 12.3 Å². The first kappa shape index (κ1) is 17.7. The summed E-state index contributed by atoms with van der Waals surface area (Å²) in [4.78, 5) is 0. The van der Waals surface area contributed by atoms with Gasteiger partial charge in [0.05, 0.1) is 0 Å². The SMILES string of the molecule is CCCCP(CC)(CCCC)(CCCC)c1cc[nH]n1. The first-order chi connectivity index (χ1) is 9.67. The fraction of sp³-hybridized carbons (Fsp3) is 0.824. The van der Waals surface area contributed by atoms with Crippen LogP contribution < -0.4 is 5.44 Å². The van der Waals surface area contributed by atoms with Crippen LogP contribution >= 0.6 is 6.60 Å². The van der Waals surface area contributed by atoms with E-state index in [4.69, 9.17) is 5.10 Å². The van der Waals surface area contributed by atoms with E-state index in [0.717, 1.165) is 0 Å². The van der Waals surface area contributed by atoms with Crippen molar-refractivity contribution in [3.63, 3.8) is 0 Å². The Balaban J connectivity index is 3.20. The molecular weight excluding hydrogens is 263 g/mol. The molecule has 2 nitrogen and oxygen atoms in total. The van der Waals surface area contributed by atoms with E-state index in [1.165, 1.54) is 68.6 Å². The molecule has 0 aliphatic heterocycles. The summed E-state index contributed by atoms with van der Waals surface area (Å²) < 4.78 is 0. The molecular formula is C17H35N2P. The summed E-state index contributed by atoms with van der Waals surface area (Å²) >= 11 is 0. The molecule has 0 fully saturated rings. The van der Waals surface area contributed by atoms with Gasteiger partial charge in [0.1, 0.15) is 0 Å². The second-order valence-electron chi connectivity index (χ2n) is 6.45. The number of rotatable bonds is 11. The molecule has 0 aliphatic rings. The maximum atomic E-state index is 4.72. The molecule has 118 valence electrons. The van der Waals surface area contributed by atoms with Gasteiger partial charge in [-0.1, -0.05) is 0 Å². The number of unbranched alkanes of at least 4 members (excludes halogenated alkanes) is 3. The molecule has 0 aliphatic carbocycles. The molecule has 1 aromatic rings. The Labute approximate surface area is 126 Å². The average Bonchev–Trinajstić information content (AvgIpc) is 3.03. The molecule has 1 rings (SSSR count). The first-order valence-electron chi connectivity index (χ1n) is 8.67. The molecule has 1 heterocycles. The number of aromatic nitrogens is 2. The van der Waals surface area contributed by atoms with Crippen molar-refractivity contribution in [2.45, 2.75) is 66.2 Å². The van der Waals surface area contributed by atoms with Crippen molar-refractivity contribution >= 4 is 12.0 Å². The Hall–Kier alpha value is -0.360. The van der Waals surface area contributed by atoms with Crippen LogP contribution in [0.25, 0.3) is 0 Å². The Bertz CT molecular complexity index is 335. The van der Waals surface area contributed by atoms with Gasteiger partial charge in [-0.25, -0.2) is 0 Å². The van der Waals surface area contributed by atoms with E-state index in [1.54, 1.807) is 0 Å². The van der Waals surface area contributed by atoms with Gasteiger partial charge >= 0.3 is 125 Å². The van der Waals surface area contributed by atoms with E-state index < -0.39 is 6.60 Å². The first-order valence-corrected chi connectivity index (χ1v) is 11.7. The predicted molar refractivity (Wildman–Crippen MR) is 95.0 cm³/mol. The maximum absolute atomic E-state index is 4.72. The third kappa shape index (κ3) is 3.64. The van der Waals surface area contributed by atoms with Crippen LogP contribution in [0, 0.1) is 0 Å². The fourth-order valence-corrected chi connectivity index (χ4v) is 10.5. The molecule has 0 radical (unpaired) electrons. The molecule has 0 aromatic carbocycles. The van der Waals surface area contributed by atoms with E-state index >= 15 is 0 Å². The molecule has 0 saturated carbocycles. The molecule has 0 unspecified atom stereocenters. The normalized spacial score (nSPS) is 14.1. The number of nitrogens with zero attached hydrogens (tertiary/aromatic N) is 1. The standard InChI is InChI=1S/C17H35N2P/c1-5-9-14-20(8-4,15-10-6-2,16-11-7-3)17-12-13-18-19-17/h12-13H,5-11,14-16H2,1-4H3,(H,18,19). The zero-order chi connectivity index (χ0) is 14.9. The number of aromatic amines is 1. The Kier molecular flexibility index (Phi) is 7.23. The minimum atomic E-state index is -1.84. The van der Waals surface area contributed by atoms with Crippen LogP contribution in [0.4, 0.5) is 0 Å². The van der Waals surface area contributed by atoms with E-state index in [1.807, 2.05) is 6.20 Å². The summed E-state index contributed by atoms with van der Waals surface area (Å²) in [7, 11) is 0. The molecule has 0 spiro atoms. The van der Waals surface area contributed by atoms with Crippen molar-refractivity contribution in [2.24, 2.45) is 0 Å². The Morgan fingerprint density at radius 1 is 0.900 bits per heavy atom. The van der Waals surface area contributed by atoms with Crippen LogP contribution in [-0.2, 0) is 0 Å². The van der Waals surface area contributed by atoms with Gasteiger partial charge in [0, 0.05) is 0 Å². The summed E-state index contributed by atoms with van der Waals surface area (Å²) in [6.45, 7) is 7.57. The van der Waals surface area contributed by atoms with Crippen molar-refractivity contribution in [1.29, 1.82) is 0 Å². The molecule has 1 aromatic heterocycles. The van der Waals surface area contributed by atoms with Gasteiger partial charge in [0.2, 0.25) is 0 Å². The summed E-state index contributed by atoms with van der Waals surface area (Å²) in [6.07, 6.45) is 15.7. The van der Waals surface area contributed by atoms with Gasteiger partial charge in [-0.3, -0.25) is 0 Å². The Morgan fingerprint density at radius 2 is 1.40 bits per heavy atom. The van der Waals surface area contributed by atoms with Crippen LogP contribution in [0.1, 0.15) is 66.2 Å². The van der Waals surface area contributed by atoms with Crippen LogP contribution in [-0.4, -0.2) is 34.8 Å². The number of hydrogen-bond acceptors (Lipinski definition) is 1. The molecule has 0 atom stereocenters. The summed E-state index contributed by atoms with van der Waals surface area (Å²) in [5.41, 5.74) is 1.45. The number of nitrogens with one attached hydrogen (secondary N) is 1. The average molecular weight is 298 g/mol. The van der Waals surface area contributed by atoms with Crippen LogP contribution in [0.3, 0.4) is 0 Å². The van der Waals surface area contributed by atoms with Crippen molar-refractivity contribution in [3.8, 4) is 0 Å². The summed E-state index contributed by atoms with van der Waals surface area (Å²) in [5, 5.41) is 7.83. The van der Waals surface area contributed by atoms with Gasteiger partial charge in [0.25, 0.3) is 0 Å².